The second-order valence-electron chi connectivity index (χ2n) is 2.97. The summed E-state index contributed by atoms with van der Waals surface area (Å²) in [7, 11) is 0. The summed E-state index contributed by atoms with van der Waals surface area (Å²) in [6.07, 6.45) is 3.34. The molecule has 0 unspecified atom stereocenters. The number of aromatic amines is 1. The number of hydrogen-bond acceptors (Lipinski definition) is 4. The molecule has 0 spiro atoms. The van der Waals surface area contributed by atoms with E-state index >= 15 is 0 Å². The van der Waals surface area contributed by atoms with Crippen molar-refractivity contribution in [3.8, 4) is 0 Å². The van der Waals surface area contributed by atoms with Gasteiger partial charge in [0.25, 0.3) is 0 Å². The highest BCUT2D eigenvalue weighted by Crippen LogP contribution is 2.02. The molecule has 15 heavy (non-hydrogen) atoms. The van der Waals surface area contributed by atoms with Gasteiger partial charge in [0.05, 0.1) is 18.6 Å². The first-order chi connectivity index (χ1) is 7.34. The fraction of sp³-hybridized carbons (Fsp3) is 0.100. The first-order valence-electron chi connectivity index (χ1n) is 4.53. The summed E-state index contributed by atoms with van der Waals surface area (Å²) < 4.78 is 0.567. The van der Waals surface area contributed by atoms with Gasteiger partial charge in [-0.1, -0.05) is 18.3 Å². The van der Waals surface area contributed by atoms with Crippen molar-refractivity contribution in [2.75, 3.05) is 5.32 Å². The Morgan fingerprint density at radius 1 is 1.33 bits per heavy atom. The number of aromatic nitrogens is 3. The van der Waals surface area contributed by atoms with Crippen molar-refractivity contribution in [2.45, 2.75) is 6.54 Å². The molecule has 2 N–H and O–H groups in total. The molecular formula is C10H10N4S. The molecule has 5 heteroatoms. The minimum absolute atomic E-state index is 0.567. The van der Waals surface area contributed by atoms with Crippen molar-refractivity contribution >= 4 is 18.0 Å². The minimum Gasteiger partial charge on any atom is -0.366 e. The molecule has 2 aromatic rings. The lowest BCUT2D eigenvalue weighted by Gasteiger charge is -2.04. The monoisotopic (exact) mass is 218 g/mol. The first kappa shape index (κ1) is 9.79. The minimum atomic E-state index is 0.567. The van der Waals surface area contributed by atoms with Crippen LogP contribution in [0.5, 0.6) is 0 Å². The Hall–Kier alpha value is -1.75. The van der Waals surface area contributed by atoms with Crippen LogP contribution in [0.2, 0.25) is 0 Å². The highest BCUT2D eigenvalue weighted by atomic mass is 32.1. The molecule has 0 aliphatic rings. The second-order valence-corrected chi connectivity index (χ2v) is 3.39. The van der Waals surface area contributed by atoms with E-state index in [1.54, 1.807) is 18.6 Å². The van der Waals surface area contributed by atoms with Crippen molar-refractivity contribution in [2.24, 2.45) is 0 Å². The van der Waals surface area contributed by atoms with Crippen LogP contribution in [-0.2, 0) is 6.54 Å². The van der Waals surface area contributed by atoms with Gasteiger partial charge in [0.15, 0.2) is 0 Å². The first-order valence-corrected chi connectivity index (χ1v) is 4.94. The fourth-order valence-corrected chi connectivity index (χ4v) is 1.33. The zero-order valence-electron chi connectivity index (χ0n) is 7.97. The summed E-state index contributed by atoms with van der Waals surface area (Å²) in [6.45, 7) is 0.663. The summed E-state index contributed by atoms with van der Waals surface area (Å²) >= 11 is 4.94. The number of hydrogen-bond donors (Lipinski definition) is 2. The van der Waals surface area contributed by atoms with Gasteiger partial charge in [-0.3, -0.25) is 4.98 Å². The molecule has 0 fully saturated rings. The molecule has 2 rings (SSSR count). The maximum absolute atomic E-state index is 4.94. The SMILES string of the molecule is S=c1cc(NCc2ccccn2)[nH]cn1. The van der Waals surface area contributed by atoms with Crippen LogP contribution in [0.3, 0.4) is 0 Å². The smallest absolute Gasteiger partial charge is 0.131 e. The van der Waals surface area contributed by atoms with E-state index in [2.05, 4.69) is 20.3 Å². The molecular weight excluding hydrogens is 208 g/mol. The largest absolute Gasteiger partial charge is 0.366 e. The molecule has 0 atom stereocenters. The van der Waals surface area contributed by atoms with Crippen LogP contribution >= 0.6 is 12.2 Å². The van der Waals surface area contributed by atoms with Crippen molar-refractivity contribution in [3.63, 3.8) is 0 Å². The van der Waals surface area contributed by atoms with E-state index in [-0.39, 0.29) is 0 Å². The maximum atomic E-state index is 4.94. The predicted octanol–water partition coefficient (Wildman–Crippen LogP) is 2.15. The molecule has 0 bridgehead atoms. The summed E-state index contributed by atoms with van der Waals surface area (Å²) in [4.78, 5) is 11.1. The third-order valence-corrected chi connectivity index (χ3v) is 2.09. The molecule has 0 radical (unpaired) electrons. The summed E-state index contributed by atoms with van der Waals surface area (Å²) in [5.41, 5.74) is 0.980. The number of nitrogens with one attached hydrogen (secondary N) is 2. The van der Waals surface area contributed by atoms with Crippen LogP contribution < -0.4 is 5.32 Å². The fourth-order valence-electron chi connectivity index (χ4n) is 1.16. The van der Waals surface area contributed by atoms with E-state index in [0.29, 0.717) is 11.2 Å². The third kappa shape index (κ3) is 2.85. The molecule has 2 heterocycles. The normalized spacial score (nSPS) is 9.87. The van der Waals surface area contributed by atoms with Crippen molar-refractivity contribution in [1.82, 2.24) is 15.0 Å². The number of pyridine rings is 1. The Morgan fingerprint density at radius 2 is 2.27 bits per heavy atom. The van der Waals surface area contributed by atoms with Crippen molar-refractivity contribution < 1.29 is 0 Å². The van der Waals surface area contributed by atoms with Crippen LogP contribution in [0.1, 0.15) is 5.69 Å². The van der Waals surface area contributed by atoms with Crippen LogP contribution in [0.25, 0.3) is 0 Å². The average molecular weight is 218 g/mol. The quantitative estimate of drug-likeness (QED) is 0.775. The highest BCUT2D eigenvalue weighted by molar-refractivity contribution is 7.71. The van der Waals surface area contributed by atoms with Gasteiger partial charge in [-0.05, 0) is 12.1 Å². The van der Waals surface area contributed by atoms with Gasteiger partial charge >= 0.3 is 0 Å². The molecule has 0 saturated heterocycles. The lowest BCUT2D eigenvalue weighted by atomic mass is 10.3. The summed E-state index contributed by atoms with van der Waals surface area (Å²) in [5, 5.41) is 3.18. The van der Waals surface area contributed by atoms with Crippen molar-refractivity contribution in [1.29, 1.82) is 0 Å². The topological polar surface area (TPSA) is 53.6 Å². The molecule has 0 aliphatic carbocycles. The van der Waals surface area contributed by atoms with Gasteiger partial charge in [-0.25, -0.2) is 4.98 Å². The van der Waals surface area contributed by atoms with Crippen LogP contribution in [0.4, 0.5) is 5.82 Å². The van der Waals surface area contributed by atoms with Crippen LogP contribution in [-0.4, -0.2) is 15.0 Å². The Bertz CT molecular complexity index is 480. The number of H-pyrrole nitrogens is 1. The molecule has 76 valence electrons. The van der Waals surface area contributed by atoms with E-state index in [9.17, 15) is 0 Å². The Balaban J connectivity index is 2.02. The van der Waals surface area contributed by atoms with E-state index < -0.39 is 0 Å². The van der Waals surface area contributed by atoms with Crippen molar-refractivity contribution in [3.05, 3.63) is 47.1 Å². The Kier molecular flexibility index (Phi) is 3.04. The molecule has 0 saturated carbocycles. The van der Waals surface area contributed by atoms with Crippen LogP contribution in [0.15, 0.2) is 36.8 Å². The average Bonchev–Trinajstić information content (AvgIpc) is 2.28. The van der Waals surface area contributed by atoms with Gasteiger partial charge < -0.3 is 10.3 Å². The van der Waals surface area contributed by atoms with Gasteiger partial charge in [0.2, 0.25) is 0 Å². The molecule has 0 aliphatic heterocycles. The van der Waals surface area contributed by atoms with Gasteiger partial charge in [-0.2, -0.15) is 0 Å². The van der Waals surface area contributed by atoms with Gasteiger partial charge in [0, 0.05) is 12.3 Å². The lowest BCUT2D eigenvalue weighted by molar-refractivity contribution is 1.02. The van der Waals surface area contributed by atoms with E-state index in [0.717, 1.165) is 11.5 Å². The second kappa shape index (κ2) is 4.65. The van der Waals surface area contributed by atoms with Crippen LogP contribution in [0, 0.1) is 4.64 Å². The molecule has 0 amide bonds. The number of rotatable bonds is 3. The Morgan fingerprint density at radius 3 is 3.00 bits per heavy atom. The lowest BCUT2D eigenvalue weighted by Crippen LogP contribution is -2.02. The number of nitrogens with zero attached hydrogens (tertiary/aromatic N) is 2. The Labute approximate surface area is 92.4 Å². The zero-order valence-corrected chi connectivity index (χ0v) is 8.79. The van der Waals surface area contributed by atoms with E-state index in [1.165, 1.54) is 0 Å². The zero-order chi connectivity index (χ0) is 10.5. The van der Waals surface area contributed by atoms with Gasteiger partial charge in [-0.15, -0.1) is 0 Å². The predicted molar refractivity (Wildman–Crippen MR) is 61.0 cm³/mol. The standard InChI is InChI=1S/C10H10N4S/c15-10-5-9(13-7-14-10)12-6-8-3-1-2-4-11-8/h1-5,7H,6H2,(H2,12,13,14,15). The van der Waals surface area contributed by atoms with Gasteiger partial charge in [0.1, 0.15) is 10.5 Å². The summed E-state index contributed by atoms with van der Waals surface area (Å²) in [6, 6.07) is 7.59. The van der Waals surface area contributed by atoms with E-state index in [1.807, 2.05) is 18.2 Å². The molecule has 2 aromatic heterocycles. The summed E-state index contributed by atoms with van der Waals surface area (Å²) in [5.74, 6) is 0.848. The van der Waals surface area contributed by atoms with E-state index in [4.69, 9.17) is 12.2 Å². The number of anilines is 1. The maximum Gasteiger partial charge on any atom is 0.131 e. The highest BCUT2D eigenvalue weighted by Gasteiger charge is 1.93. The molecule has 0 aromatic carbocycles. The third-order valence-electron chi connectivity index (χ3n) is 1.87. The molecule has 4 nitrogen and oxygen atoms in total.